The number of hydrogen-bond acceptors (Lipinski definition) is 4. The summed E-state index contributed by atoms with van der Waals surface area (Å²) in [6, 6.07) is 8.67. The van der Waals surface area contributed by atoms with Crippen molar-refractivity contribution in [1.82, 2.24) is 0 Å². The zero-order valence-electron chi connectivity index (χ0n) is 11.9. The number of aryl methyl sites for hydroxylation is 1. The van der Waals surface area contributed by atoms with Crippen molar-refractivity contribution >= 4 is 5.69 Å². The summed E-state index contributed by atoms with van der Waals surface area (Å²) in [5.74, 6) is 0. The monoisotopic (exact) mass is 249 g/mol. The quantitative estimate of drug-likeness (QED) is 0.820. The molecular weight excluding hydrogens is 226 g/mol. The highest BCUT2D eigenvalue weighted by atomic mass is 16.5. The molecule has 18 heavy (non-hydrogen) atoms. The maximum Gasteiger partial charge on any atom is 0.101 e. The molecule has 0 saturated heterocycles. The zero-order valence-corrected chi connectivity index (χ0v) is 11.9. The molecule has 0 aliphatic carbocycles. The predicted octanol–water partition coefficient (Wildman–Crippen LogP) is 3.61. The minimum atomic E-state index is 0.182. The Bertz CT molecular complexity index is 375. The van der Waals surface area contributed by atoms with Gasteiger partial charge in [-0.3, -0.25) is 0 Å². The van der Waals surface area contributed by atoms with E-state index in [1.54, 1.807) is 7.11 Å². The Hall–Kier alpha value is -1.42. The molecule has 1 aliphatic rings. The van der Waals surface area contributed by atoms with Gasteiger partial charge in [-0.25, -0.2) is 5.01 Å². The van der Waals surface area contributed by atoms with Crippen LogP contribution in [0.25, 0.3) is 0 Å². The van der Waals surface area contributed by atoms with E-state index in [1.165, 1.54) is 5.56 Å². The number of ether oxygens (including phenoxy) is 1. The van der Waals surface area contributed by atoms with Gasteiger partial charge in [0, 0.05) is 7.11 Å². The molecule has 0 radical (unpaired) electrons. The Labute approximate surface area is 110 Å². The maximum atomic E-state index is 5.21. The second-order valence-corrected chi connectivity index (χ2v) is 4.15. The first-order chi connectivity index (χ1) is 8.72. The SMILES string of the molecule is CC.COCC1C(C)N=NN1c1ccc(C)cc1. The zero-order chi connectivity index (χ0) is 13.5. The molecule has 2 rings (SSSR count). The van der Waals surface area contributed by atoms with E-state index >= 15 is 0 Å². The van der Waals surface area contributed by atoms with Gasteiger partial charge in [0.15, 0.2) is 0 Å². The van der Waals surface area contributed by atoms with E-state index in [0.29, 0.717) is 6.61 Å². The third kappa shape index (κ3) is 3.29. The Morgan fingerprint density at radius 1 is 1.22 bits per heavy atom. The molecule has 0 spiro atoms. The Kier molecular flexibility index (Phi) is 5.78. The van der Waals surface area contributed by atoms with Crippen molar-refractivity contribution in [3.63, 3.8) is 0 Å². The van der Waals surface area contributed by atoms with E-state index in [4.69, 9.17) is 4.74 Å². The second kappa shape index (κ2) is 7.11. The van der Waals surface area contributed by atoms with Crippen LogP contribution in [-0.4, -0.2) is 25.8 Å². The Balaban J connectivity index is 0.000000771. The molecule has 4 nitrogen and oxygen atoms in total. The maximum absolute atomic E-state index is 5.21. The van der Waals surface area contributed by atoms with Gasteiger partial charge >= 0.3 is 0 Å². The van der Waals surface area contributed by atoms with Crippen LogP contribution in [0.15, 0.2) is 34.6 Å². The van der Waals surface area contributed by atoms with Gasteiger partial charge in [-0.1, -0.05) is 36.8 Å². The van der Waals surface area contributed by atoms with Crippen molar-refractivity contribution in [3.05, 3.63) is 29.8 Å². The van der Waals surface area contributed by atoms with E-state index in [9.17, 15) is 0 Å². The fourth-order valence-corrected chi connectivity index (χ4v) is 1.81. The first-order valence-electron chi connectivity index (χ1n) is 6.48. The van der Waals surface area contributed by atoms with E-state index in [2.05, 4.69) is 48.5 Å². The van der Waals surface area contributed by atoms with Crippen molar-refractivity contribution in [2.45, 2.75) is 39.8 Å². The molecule has 1 aromatic carbocycles. The molecule has 0 saturated carbocycles. The minimum absolute atomic E-state index is 0.182. The molecule has 1 heterocycles. The standard InChI is InChI=1S/C12H17N3O.C2H6/c1-9-4-6-11(7-5-9)15-12(8-16-3)10(2)13-14-15;1-2/h4-7,10,12H,8H2,1-3H3;1-2H3. The second-order valence-electron chi connectivity index (χ2n) is 4.15. The fourth-order valence-electron chi connectivity index (χ4n) is 1.81. The summed E-state index contributed by atoms with van der Waals surface area (Å²) in [5, 5.41) is 10.3. The van der Waals surface area contributed by atoms with Crippen molar-refractivity contribution in [2.75, 3.05) is 18.7 Å². The van der Waals surface area contributed by atoms with Gasteiger partial charge in [0.2, 0.25) is 0 Å². The summed E-state index contributed by atoms with van der Waals surface area (Å²) in [4.78, 5) is 0. The van der Waals surface area contributed by atoms with Gasteiger partial charge in [-0.15, -0.1) is 0 Å². The van der Waals surface area contributed by atoms with Crippen molar-refractivity contribution in [3.8, 4) is 0 Å². The topological polar surface area (TPSA) is 37.2 Å². The summed E-state index contributed by atoms with van der Waals surface area (Å²) in [7, 11) is 1.71. The van der Waals surface area contributed by atoms with Gasteiger partial charge < -0.3 is 4.74 Å². The van der Waals surface area contributed by atoms with Crippen molar-refractivity contribution < 1.29 is 4.74 Å². The molecular formula is C14H23N3O. The van der Waals surface area contributed by atoms with E-state index in [0.717, 1.165) is 5.69 Å². The van der Waals surface area contributed by atoms with Gasteiger partial charge in [0.25, 0.3) is 0 Å². The summed E-state index contributed by atoms with van der Waals surface area (Å²) in [5.41, 5.74) is 2.32. The van der Waals surface area contributed by atoms with Gasteiger partial charge in [-0.05, 0) is 26.0 Å². The average molecular weight is 249 g/mol. The largest absolute Gasteiger partial charge is 0.382 e. The summed E-state index contributed by atoms with van der Waals surface area (Å²) < 4.78 is 5.21. The third-order valence-electron chi connectivity index (χ3n) is 2.84. The van der Waals surface area contributed by atoms with Gasteiger partial charge in [0.05, 0.1) is 18.3 Å². The van der Waals surface area contributed by atoms with Crippen molar-refractivity contribution in [2.24, 2.45) is 10.3 Å². The molecule has 1 aliphatic heterocycles. The molecule has 100 valence electrons. The van der Waals surface area contributed by atoms with Crippen LogP contribution in [0.5, 0.6) is 0 Å². The first-order valence-corrected chi connectivity index (χ1v) is 6.48. The van der Waals surface area contributed by atoms with Crippen LogP contribution in [0.1, 0.15) is 26.3 Å². The van der Waals surface area contributed by atoms with Crippen LogP contribution in [0.4, 0.5) is 5.69 Å². The highest BCUT2D eigenvalue weighted by Gasteiger charge is 2.30. The number of benzene rings is 1. The number of anilines is 1. The lowest BCUT2D eigenvalue weighted by molar-refractivity contribution is 0.175. The summed E-state index contributed by atoms with van der Waals surface area (Å²) >= 11 is 0. The number of hydrogen-bond donors (Lipinski definition) is 0. The molecule has 2 atom stereocenters. The smallest absolute Gasteiger partial charge is 0.101 e. The lowest BCUT2D eigenvalue weighted by Gasteiger charge is -2.23. The van der Waals surface area contributed by atoms with Gasteiger partial charge in [0.1, 0.15) is 6.04 Å². The van der Waals surface area contributed by atoms with Crippen molar-refractivity contribution in [1.29, 1.82) is 0 Å². The molecule has 0 amide bonds. The lowest BCUT2D eigenvalue weighted by Crippen LogP contribution is -2.37. The Morgan fingerprint density at radius 3 is 2.39 bits per heavy atom. The molecule has 0 N–H and O–H groups in total. The predicted molar refractivity (Wildman–Crippen MR) is 75.0 cm³/mol. The van der Waals surface area contributed by atoms with Gasteiger partial charge in [-0.2, -0.15) is 5.11 Å². The van der Waals surface area contributed by atoms with Crippen LogP contribution < -0.4 is 5.01 Å². The lowest BCUT2D eigenvalue weighted by atomic mass is 10.1. The molecule has 2 unspecified atom stereocenters. The van der Waals surface area contributed by atoms with Crippen LogP contribution in [0.2, 0.25) is 0 Å². The first kappa shape index (κ1) is 14.6. The molecule has 4 heteroatoms. The fraction of sp³-hybridized carbons (Fsp3) is 0.571. The number of rotatable bonds is 3. The van der Waals surface area contributed by atoms with E-state index < -0.39 is 0 Å². The molecule has 0 aromatic heterocycles. The Morgan fingerprint density at radius 2 is 1.83 bits per heavy atom. The van der Waals surface area contributed by atoms with Crippen LogP contribution in [0, 0.1) is 6.92 Å². The average Bonchev–Trinajstić information content (AvgIpc) is 2.76. The summed E-state index contributed by atoms with van der Waals surface area (Å²) in [6.45, 7) is 8.77. The summed E-state index contributed by atoms with van der Waals surface area (Å²) in [6.07, 6.45) is 0. The normalized spacial score (nSPS) is 21.7. The molecule has 0 bridgehead atoms. The number of methoxy groups -OCH3 is 1. The van der Waals surface area contributed by atoms with Crippen LogP contribution in [0.3, 0.4) is 0 Å². The van der Waals surface area contributed by atoms with Crippen LogP contribution in [-0.2, 0) is 4.74 Å². The minimum Gasteiger partial charge on any atom is -0.382 e. The highest BCUT2D eigenvalue weighted by Crippen LogP contribution is 2.25. The molecule has 0 fully saturated rings. The van der Waals surface area contributed by atoms with E-state index in [-0.39, 0.29) is 12.1 Å². The van der Waals surface area contributed by atoms with E-state index in [1.807, 2.05) is 18.9 Å². The highest BCUT2D eigenvalue weighted by molar-refractivity contribution is 5.48. The third-order valence-corrected chi connectivity index (χ3v) is 2.84. The molecule has 1 aromatic rings. The van der Waals surface area contributed by atoms with Crippen LogP contribution >= 0.6 is 0 Å². The number of nitrogens with zero attached hydrogens (tertiary/aromatic N) is 3.